The van der Waals surface area contributed by atoms with Crippen molar-refractivity contribution in [3.05, 3.63) is 0 Å². The molecule has 1 aliphatic heterocycles. The Morgan fingerprint density at radius 1 is 1.21 bits per heavy atom. The summed E-state index contributed by atoms with van der Waals surface area (Å²) in [5.41, 5.74) is 0.0347. The summed E-state index contributed by atoms with van der Waals surface area (Å²) in [6, 6.07) is 0. The van der Waals surface area contributed by atoms with E-state index in [1.165, 1.54) is 32.1 Å². The molecule has 2 aliphatic rings. The highest BCUT2D eigenvalue weighted by Crippen LogP contribution is 2.48. The molecule has 0 aromatic carbocycles. The Kier molecular flexibility index (Phi) is 3.17. The maximum Gasteiger partial charge on any atom is 0.0823 e. The Bertz CT molecular complexity index is 206. The Morgan fingerprint density at radius 3 is 2.50 bits per heavy atom. The first-order valence-electron chi connectivity index (χ1n) is 5.54. The lowest BCUT2D eigenvalue weighted by Crippen LogP contribution is -2.56. The molecule has 2 rings (SSSR count). The molecule has 1 nitrogen and oxygen atoms in total. The second-order valence-electron chi connectivity index (χ2n) is 4.86. The fourth-order valence-corrected chi connectivity index (χ4v) is 3.85. The van der Waals surface area contributed by atoms with Crippen LogP contribution in [-0.4, -0.2) is 21.9 Å². The minimum atomic E-state index is -0.129. The number of hydrogen-bond donors (Lipinski definition) is 0. The van der Waals surface area contributed by atoms with Gasteiger partial charge in [-0.1, -0.05) is 35.2 Å². The molecule has 0 aromatic heterocycles. The van der Waals surface area contributed by atoms with Gasteiger partial charge in [0.2, 0.25) is 0 Å². The minimum absolute atomic E-state index is 0.0347. The van der Waals surface area contributed by atoms with E-state index in [1.54, 1.807) is 0 Å². The molecular formula is C11H18BrClO. The minimum Gasteiger partial charge on any atom is -0.374 e. The fourth-order valence-electron chi connectivity index (χ4n) is 2.75. The van der Waals surface area contributed by atoms with Crippen molar-refractivity contribution in [2.24, 2.45) is 0 Å². The van der Waals surface area contributed by atoms with Crippen LogP contribution in [0.2, 0.25) is 0 Å². The average Bonchev–Trinajstić information content (AvgIpc) is 2.16. The summed E-state index contributed by atoms with van der Waals surface area (Å²) in [6.45, 7) is 2.95. The molecule has 1 saturated heterocycles. The lowest BCUT2D eigenvalue weighted by atomic mass is 9.76. The molecule has 2 fully saturated rings. The first kappa shape index (κ1) is 11.2. The average molecular weight is 282 g/mol. The van der Waals surface area contributed by atoms with Crippen LogP contribution in [0.25, 0.3) is 0 Å². The van der Waals surface area contributed by atoms with E-state index >= 15 is 0 Å². The van der Waals surface area contributed by atoms with Crippen molar-refractivity contribution < 1.29 is 4.74 Å². The van der Waals surface area contributed by atoms with Crippen LogP contribution >= 0.6 is 27.5 Å². The molecule has 1 aliphatic carbocycles. The molecule has 0 aromatic rings. The maximum absolute atomic E-state index is 6.52. The molecular weight excluding hydrogens is 263 g/mol. The Hall–Kier alpha value is 0.730. The highest BCUT2D eigenvalue weighted by Gasteiger charge is 2.50. The lowest BCUT2D eigenvalue weighted by molar-refractivity contribution is -0.102. The molecule has 1 saturated carbocycles. The van der Waals surface area contributed by atoms with Crippen molar-refractivity contribution in [2.75, 3.05) is 6.61 Å². The van der Waals surface area contributed by atoms with Crippen molar-refractivity contribution in [1.29, 1.82) is 0 Å². The van der Waals surface area contributed by atoms with Gasteiger partial charge < -0.3 is 4.74 Å². The van der Waals surface area contributed by atoms with E-state index < -0.39 is 0 Å². The largest absolute Gasteiger partial charge is 0.374 e. The van der Waals surface area contributed by atoms with Crippen molar-refractivity contribution in [3.8, 4) is 0 Å². The SMILES string of the molecule is CC1(Cl)CCOC2(CCCCC2)C1Br. The van der Waals surface area contributed by atoms with Crippen LogP contribution in [0.3, 0.4) is 0 Å². The van der Waals surface area contributed by atoms with Crippen LogP contribution in [0.15, 0.2) is 0 Å². The summed E-state index contributed by atoms with van der Waals surface area (Å²) in [7, 11) is 0. The van der Waals surface area contributed by atoms with Crippen molar-refractivity contribution in [1.82, 2.24) is 0 Å². The molecule has 1 spiro atoms. The van der Waals surface area contributed by atoms with Gasteiger partial charge in [0, 0.05) is 6.61 Å². The maximum atomic E-state index is 6.52. The molecule has 82 valence electrons. The lowest BCUT2D eigenvalue weighted by Gasteiger charge is -2.50. The molecule has 2 atom stereocenters. The van der Waals surface area contributed by atoms with Gasteiger partial charge in [-0.15, -0.1) is 11.6 Å². The molecule has 2 unspecified atom stereocenters. The van der Waals surface area contributed by atoms with Gasteiger partial charge in [0.25, 0.3) is 0 Å². The third-order valence-corrected chi connectivity index (χ3v) is 6.19. The number of rotatable bonds is 0. The van der Waals surface area contributed by atoms with Crippen molar-refractivity contribution in [2.45, 2.75) is 60.8 Å². The third-order valence-electron chi connectivity index (χ3n) is 3.67. The van der Waals surface area contributed by atoms with E-state index in [9.17, 15) is 0 Å². The van der Waals surface area contributed by atoms with Crippen LogP contribution in [0.4, 0.5) is 0 Å². The van der Waals surface area contributed by atoms with Crippen molar-refractivity contribution in [3.63, 3.8) is 0 Å². The van der Waals surface area contributed by atoms with Gasteiger partial charge >= 0.3 is 0 Å². The number of ether oxygens (including phenoxy) is 1. The molecule has 0 amide bonds. The molecule has 0 radical (unpaired) electrons. The number of hydrogen-bond acceptors (Lipinski definition) is 1. The van der Waals surface area contributed by atoms with Crippen LogP contribution in [0.1, 0.15) is 45.4 Å². The summed E-state index contributed by atoms with van der Waals surface area (Å²) < 4.78 is 6.02. The van der Waals surface area contributed by atoms with Crippen LogP contribution < -0.4 is 0 Å². The van der Waals surface area contributed by atoms with Crippen LogP contribution in [0.5, 0.6) is 0 Å². The number of halogens is 2. The van der Waals surface area contributed by atoms with E-state index in [0.717, 1.165) is 13.0 Å². The fraction of sp³-hybridized carbons (Fsp3) is 1.00. The first-order valence-corrected chi connectivity index (χ1v) is 6.83. The summed E-state index contributed by atoms with van der Waals surface area (Å²) in [6.07, 6.45) is 7.22. The van der Waals surface area contributed by atoms with Crippen LogP contribution in [0, 0.1) is 0 Å². The van der Waals surface area contributed by atoms with Gasteiger partial charge in [-0.25, -0.2) is 0 Å². The second kappa shape index (κ2) is 3.95. The predicted octanol–water partition coefficient (Wildman–Crippen LogP) is 3.87. The van der Waals surface area contributed by atoms with Crippen molar-refractivity contribution >= 4 is 27.5 Å². The first-order chi connectivity index (χ1) is 6.57. The molecule has 14 heavy (non-hydrogen) atoms. The molecule has 0 N–H and O–H groups in total. The van der Waals surface area contributed by atoms with Gasteiger partial charge in [-0.2, -0.15) is 0 Å². The zero-order chi connectivity index (χ0) is 10.2. The smallest absolute Gasteiger partial charge is 0.0823 e. The highest BCUT2D eigenvalue weighted by atomic mass is 79.9. The summed E-state index contributed by atoms with van der Waals surface area (Å²) in [4.78, 5) is 0.175. The zero-order valence-electron chi connectivity index (χ0n) is 8.69. The van der Waals surface area contributed by atoms with Gasteiger partial charge in [0.05, 0.1) is 15.3 Å². The van der Waals surface area contributed by atoms with E-state index in [1.807, 2.05) is 0 Å². The summed E-state index contributed by atoms with van der Waals surface area (Å²) in [5.74, 6) is 0. The van der Waals surface area contributed by atoms with E-state index in [-0.39, 0.29) is 10.5 Å². The van der Waals surface area contributed by atoms with Gasteiger partial charge in [0.1, 0.15) is 0 Å². The monoisotopic (exact) mass is 280 g/mol. The Morgan fingerprint density at radius 2 is 1.86 bits per heavy atom. The van der Waals surface area contributed by atoms with Gasteiger partial charge in [0.15, 0.2) is 0 Å². The Labute approximate surface area is 99.7 Å². The van der Waals surface area contributed by atoms with E-state index in [4.69, 9.17) is 16.3 Å². The highest BCUT2D eigenvalue weighted by molar-refractivity contribution is 9.09. The summed E-state index contributed by atoms with van der Waals surface area (Å²) >= 11 is 10.3. The third kappa shape index (κ3) is 1.85. The quantitative estimate of drug-likeness (QED) is 0.613. The molecule has 0 bridgehead atoms. The van der Waals surface area contributed by atoms with E-state index in [2.05, 4.69) is 22.9 Å². The molecule has 3 heteroatoms. The van der Waals surface area contributed by atoms with Gasteiger partial charge in [-0.3, -0.25) is 0 Å². The second-order valence-corrected chi connectivity index (χ2v) is 6.64. The predicted molar refractivity (Wildman–Crippen MR) is 63.4 cm³/mol. The van der Waals surface area contributed by atoms with Gasteiger partial charge in [-0.05, 0) is 26.2 Å². The standard InChI is InChI=1S/C11H18BrClO/c1-10(13)7-8-14-11(9(10)12)5-3-2-4-6-11/h9H,2-8H2,1H3. The summed E-state index contributed by atoms with van der Waals surface area (Å²) in [5, 5.41) is 0. The Balaban J connectivity index is 2.16. The topological polar surface area (TPSA) is 9.23 Å². The van der Waals surface area contributed by atoms with Crippen LogP contribution in [-0.2, 0) is 4.74 Å². The number of alkyl halides is 2. The zero-order valence-corrected chi connectivity index (χ0v) is 11.0. The normalized spacial score (nSPS) is 42.6. The van der Waals surface area contributed by atoms with E-state index in [0.29, 0.717) is 4.83 Å². The molecule has 1 heterocycles.